The highest BCUT2D eigenvalue weighted by atomic mass is 19.1. The molecule has 71 heavy (non-hydrogen) atoms. The number of carbonyl (C=O) groups excluding carboxylic acids is 6. The van der Waals surface area contributed by atoms with Crippen molar-refractivity contribution in [2.45, 2.75) is 70.5 Å². The van der Waals surface area contributed by atoms with Crippen LogP contribution in [0.3, 0.4) is 0 Å². The number of pyridine rings is 2. The first-order chi connectivity index (χ1) is 34.2. The summed E-state index contributed by atoms with van der Waals surface area (Å²) in [6.45, 7) is 9.69. The maximum absolute atomic E-state index is 16.0. The minimum atomic E-state index is -1.20. The number of carbonyl (C=O) groups is 6. The highest BCUT2D eigenvalue weighted by Gasteiger charge is 2.56. The number of fused-ring (bicyclic) bond motifs is 2. The standard InChI is InChI=1S/C52H54F2N10O7/c1-30-28-63(31(2)27-62(30)24-21-57-46-45-37(13-19-56-46)48(67)64(49(45)68)41-11-12-44(65)60-47(41)66)29-32-15-22-61(23-16-32)42-26-40-38(25-39(42)54)43(14-20-55-40)71-36-9-7-35(8-10-36)59-51(70)52(17-18-52)50(69)58-34-5-3-33(53)4-6-34/h3-10,13-14,19-20,25-26,30-32,41H,11-12,15-18,21-24,27-29H2,1-2H3,(H,56,57)(H,58,69)(H,59,70)(H,60,65,66)/t30-,31-,41?/m1/s1. The normalized spacial score (nSPS) is 21.5. The second-order valence-electron chi connectivity index (χ2n) is 19.3. The topological polar surface area (TPSA) is 199 Å². The van der Waals surface area contributed by atoms with Gasteiger partial charge in [-0.15, -0.1) is 0 Å². The molecule has 0 bridgehead atoms. The van der Waals surface area contributed by atoms with E-state index in [0.29, 0.717) is 96.3 Å². The lowest BCUT2D eigenvalue weighted by Crippen LogP contribution is -2.58. The lowest BCUT2D eigenvalue weighted by molar-refractivity contribution is -0.136. The molecule has 1 aliphatic carbocycles. The predicted molar refractivity (Wildman–Crippen MR) is 260 cm³/mol. The number of halogens is 2. The van der Waals surface area contributed by atoms with E-state index in [9.17, 15) is 33.2 Å². The number of piperazine rings is 1. The molecule has 5 aromatic rings. The monoisotopic (exact) mass is 968 g/mol. The molecule has 2 aromatic heterocycles. The smallest absolute Gasteiger partial charge is 0.266 e. The molecule has 3 atom stereocenters. The van der Waals surface area contributed by atoms with Gasteiger partial charge in [0.1, 0.15) is 40.4 Å². The van der Waals surface area contributed by atoms with Crippen molar-refractivity contribution in [3.63, 3.8) is 0 Å². The van der Waals surface area contributed by atoms with Gasteiger partial charge in [0.25, 0.3) is 11.8 Å². The largest absolute Gasteiger partial charge is 0.457 e. The summed E-state index contributed by atoms with van der Waals surface area (Å²) in [6, 6.07) is 18.0. The van der Waals surface area contributed by atoms with Crippen LogP contribution >= 0.6 is 0 Å². The van der Waals surface area contributed by atoms with Gasteiger partial charge in [-0.1, -0.05) is 0 Å². The van der Waals surface area contributed by atoms with Crippen LogP contribution in [-0.4, -0.2) is 124 Å². The summed E-state index contributed by atoms with van der Waals surface area (Å²) in [6.07, 6.45) is 5.85. The van der Waals surface area contributed by atoms with Gasteiger partial charge in [0, 0.05) is 93.5 Å². The van der Waals surface area contributed by atoms with Gasteiger partial charge in [-0.05, 0) is 125 Å². The number of aromatic nitrogens is 2. The molecule has 0 spiro atoms. The van der Waals surface area contributed by atoms with E-state index in [2.05, 4.69) is 59.8 Å². The third kappa shape index (κ3) is 9.63. The lowest BCUT2D eigenvalue weighted by atomic mass is 9.94. The van der Waals surface area contributed by atoms with E-state index in [1.165, 1.54) is 42.6 Å². The molecule has 6 heterocycles. The van der Waals surface area contributed by atoms with Crippen molar-refractivity contribution >= 4 is 69.2 Å². The number of nitrogens with zero attached hydrogens (tertiary/aromatic N) is 6. The molecule has 6 amide bonds. The van der Waals surface area contributed by atoms with Crippen molar-refractivity contribution in [3.05, 3.63) is 108 Å². The van der Waals surface area contributed by atoms with Crippen molar-refractivity contribution in [3.8, 4) is 11.5 Å². The number of ether oxygens (including phenoxy) is 1. The van der Waals surface area contributed by atoms with Gasteiger partial charge in [0.15, 0.2) is 0 Å². The van der Waals surface area contributed by atoms with Gasteiger partial charge in [0.2, 0.25) is 23.6 Å². The van der Waals surface area contributed by atoms with Crippen molar-refractivity contribution in [1.29, 1.82) is 0 Å². The third-order valence-electron chi connectivity index (χ3n) is 14.6. The Morgan fingerprint density at radius 2 is 1.46 bits per heavy atom. The maximum atomic E-state index is 16.0. The molecule has 4 fully saturated rings. The van der Waals surface area contributed by atoms with Crippen LogP contribution < -0.4 is 30.9 Å². The molecule has 1 saturated carbocycles. The van der Waals surface area contributed by atoms with Crippen LogP contribution in [0.1, 0.15) is 73.1 Å². The van der Waals surface area contributed by atoms with Crippen LogP contribution in [0.25, 0.3) is 10.9 Å². The number of piperidine rings is 2. The van der Waals surface area contributed by atoms with Crippen molar-refractivity contribution in [2.24, 2.45) is 11.3 Å². The molecule has 17 nitrogen and oxygen atoms in total. The van der Waals surface area contributed by atoms with E-state index in [1.807, 2.05) is 0 Å². The Morgan fingerprint density at radius 1 is 0.803 bits per heavy atom. The molecule has 10 rings (SSSR count). The SMILES string of the molecule is C[C@@H]1CN(CC2CCN(c3cc4nccc(Oc5ccc(NC(=O)C6(C(=O)Nc7ccc(F)cc7)CC6)cc5)c4cc3F)CC2)[C@H](C)CN1CCNc1nccc2c1C(=O)N(C1CCC(=O)NC1=O)C2=O. The van der Waals surface area contributed by atoms with Gasteiger partial charge in [-0.3, -0.25) is 53.8 Å². The van der Waals surface area contributed by atoms with E-state index in [1.54, 1.807) is 42.6 Å². The fourth-order valence-corrected chi connectivity index (χ4v) is 10.3. The third-order valence-corrected chi connectivity index (χ3v) is 14.6. The number of hydrogen-bond acceptors (Lipinski definition) is 13. The first-order valence-corrected chi connectivity index (χ1v) is 24.2. The van der Waals surface area contributed by atoms with Gasteiger partial charge in [-0.25, -0.2) is 13.8 Å². The van der Waals surface area contributed by atoms with Crippen LogP contribution in [0.15, 0.2) is 85.2 Å². The number of hydrogen-bond donors (Lipinski definition) is 4. The Bertz CT molecular complexity index is 2930. The highest BCUT2D eigenvalue weighted by Crippen LogP contribution is 2.48. The van der Waals surface area contributed by atoms with Crippen LogP contribution in [0.2, 0.25) is 0 Å². The van der Waals surface area contributed by atoms with E-state index in [0.717, 1.165) is 37.4 Å². The summed E-state index contributed by atoms with van der Waals surface area (Å²) >= 11 is 0. The van der Waals surface area contributed by atoms with Gasteiger partial charge in [-0.2, -0.15) is 0 Å². The van der Waals surface area contributed by atoms with E-state index >= 15 is 4.39 Å². The van der Waals surface area contributed by atoms with Gasteiger partial charge < -0.3 is 25.6 Å². The highest BCUT2D eigenvalue weighted by molar-refractivity contribution is 6.25. The number of amides is 6. The second-order valence-corrected chi connectivity index (χ2v) is 19.3. The summed E-state index contributed by atoms with van der Waals surface area (Å²) in [5.74, 6) is -2.27. The molecule has 0 radical (unpaired) electrons. The Kier molecular flexibility index (Phi) is 12.9. The first-order valence-electron chi connectivity index (χ1n) is 24.2. The van der Waals surface area contributed by atoms with Crippen molar-refractivity contribution in [2.75, 3.05) is 66.7 Å². The molecule has 3 aromatic carbocycles. The second kappa shape index (κ2) is 19.4. The minimum Gasteiger partial charge on any atom is -0.457 e. The average molecular weight is 969 g/mol. The predicted octanol–water partition coefficient (Wildman–Crippen LogP) is 6.18. The van der Waals surface area contributed by atoms with Crippen LogP contribution in [0.4, 0.5) is 31.7 Å². The van der Waals surface area contributed by atoms with Crippen molar-refractivity contribution < 1.29 is 42.3 Å². The molecule has 368 valence electrons. The molecule has 4 N–H and O–H groups in total. The van der Waals surface area contributed by atoms with Crippen LogP contribution in [0.5, 0.6) is 11.5 Å². The molecule has 5 aliphatic rings. The van der Waals surface area contributed by atoms with E-state index < -0.39 is 52.7 Å². The summed E-state index contributed by atoms with van der Waals surface area (Å²) < 4.78 is 35.5. The van der Waals surface area contributed by atoms with Crippen LogP contribution in [0, 0.1) is 23.0 Å². The quantitative estimate of drug-likeness (QED) is 0.0728. The Hall–Kier alpha value is -7.38. The number of rotatable bonds is 14. The zero-order chi connectivity index (χ0) is 49.6. The number of imide groups is 2. The zero-order valence-electron chi connectivity index (χ0n) is 39.4. The molecule has 19 heteroatoms. The first kappa shape index (κ1) is 47.3. The van der Waals surface area contributed by atoms with Gasteiger partial charge >= 0.3 is 0 Å². The summed E-state index contributed by atoms with van der Waals surface area (Å²) in [5, 5.41) is 11.6. The summed E-state index contributed by atoms with van der Waals surface area (Å²) in [7, 11) is 0. The van der Waals surface area contributed by atoms with Crippen molar-refractivity contribution in [1.82, 2.24) is 30.0 Å². The molecule has 1 unspecified atom stereocenters. The molecule has 3 saturated heterocycles. The number of nitrogens with one attached hydrogen (secondary N) is 4. The molecule has 4 aliphatic heterocycles. The maximum Gasteiger partial charge on any atom is 0.266 e. The van der Waals surface area contributed by atoms with E-state index in [-0.39, 0.29) is 35.8 Å². The van der Waals surface area contributed by atoms with Crippen LogP contribution in [-0.2, 0) is 19.2 Å². The Labute approximate surface area is 408 Å². The lowest BCUT2D eigenvalue weighted by Gasteiger charge is -2.46. The summed E-state index contributed by atoms with van der Waals surface area (Å²) in [4.78, 5) is 94.1. The molecular formula is C52H54F2N10O7. The fraction of sp³-hybridized carbons (Fsp3) is 0.385. The minimum absolute atomic E-state index is 0.0472. The number of benzene rings is 3. The fourth-order valence-electron chi connectivity index (χ4n) is 10.3. The Morgan fingerprint density at radius 3 is 2.15 bits per heavy atom. The Balaban J connectivity index is 0.691. The molecular weight excluding hydrogens is 915 g/mol. The zero-order valence-corrected chi connectivity index (χ0v) is 39.4. The number of anilines is 4. The summed E-state index contributed by atoms with van der Waals surface area (Å²) in [5.41, 5.74) is 1.11. The van der Waals surface area contributed by atoms with E-state index in [4.69, 9.17) is 4.74 Å². The van der Waals surface area contributed by atoms with Gasteiger partial charge in [0.05, 0.1) is 22.3 Å². The average Bonchev–Trinajstić information content (AvgIpc) is 4.14.